The molecule has 3 rings (SSSR count). The smallest absolute Gasteiger partial charge is 0.253 e. The second kappa shape index (κ2) is 7.09. The lowest BCUT2D eigenvalue weighted by Crippen LogP contribution is -2.21. The summed E-state index contributed by atoms with van der Waals surface area (Å²) in [5.74, 6) is 0.162. The molecule has 1 N–H and O–H groups in total. The topological polar surface area (TPSA) is 67.2 Å². The van der Waals surface area contributed by atoms with Crippen LogP contribution in [0.2, 0.25) is 0 Å². The number of hydrogen-bond donors (Lipinski definition) is 1. The van der Waals surface area contributed by atoms with E-state index < -0.39 is 0 Å². The molecule has 126 valence electrons. The molecule has 1 heterocycles. The molecule has 0 bridgehead atoms. The van der Waals surface area contributed by atoms with Crippen molar-refractivity contribution in [3.8, 4) is 0 Å². The Hall–Kier alpha value is -2.28. The van der Waals surface area contributed by atoms with E-state index in [1.54, 1.807) is 44.6 Å². The van der Waals surface area contributed by atoms with Crippen molar-refractivity contribution in [2.45, 2.75) is 24.0 Å². The van der Waals surface area contributed by atoms with Gasteiger partial charge in [-0.2, -0.15) is 0 Å². The van der Waals surface area contributed by atoms with Gasteiger partial charge in [0.1, 0.15) is 0 Å². The SMILES string of the molecule is CN(C)C(=O)c1ccc(NC(=O)CSc2nccn2C2CC2)cc1. The van der Waals surface area contributed by atoms with Gasteiger partial charge in [0, 0.05) is 43.8 Å². The Morgan fingerprint density at radius 2 is 2.00 bits per heavy atom. The maximum absolute atomic E-state index is 12.1. The minimum absolute atomic E-state index is 0.0599. The molecular weight excluding hydrogens is 324 g/mol. The van der Waals surface area contributed by atoms with Crippen molar-refractivity contribution in [2.75, 3.05) is 25.2 Å². The largest absolute Gasteiger partial charge is 0.345 e. The first-order chi connectivity index (χ1) is 11.5. The molecule has 1 aliphatic rings. The van der Waals surface area contributed by atoms with Crippen LogP contribution in [0.5, 0.6) is 0 Å². The van der Waals surface area contributed by atoms with Gasteiger partial charge >= 0.3 is 0 Å². The lowest BCUT2D eigenvalue weighted by atomic mass is 10.2. The highest BCUT2D eigenvalue weighted by molar-refractivity contribution is 7.99. The molecule has 1 aromatic carbocycles. The third-order valence-electron chi connectivity index (χ3n) is 3.73. The number of carbonyl (C=O) groups is 2. The summed E-state index contributed by atoms with van der Waals surface area (Å²) < 4.78 is 2.14. The Morgan fingerprint density at radius 1 is 1.29 bits per heavy atom. The fourth-order valence-electron chi connectivity index (χ4n) is 2.32. The number of nitrogens with one attached hydrogen (secondary N) is 1. The highest BCUT2D eigenvalue weighted by Crippen LogP contribution is 2.37. The van der Waals surface area contributed by atoms with Gasteiger partial charge in [-0.1, -0.05) is 11.8 Å². The number of carbonyl (C=O) groups excluding carboxylic acids is 2. The minimum atomic E-state index is -0.0861. The van der Waals surface area contributed by atoms with Gasteiger partial charge in [0.2, 0.25) is 5.91 Å². The molecule has 24 heavy (non-hydrogen) atoms. The van der Waals surface area contributed by atoms with Crippen LogP contribution in [0.25, 0.3) is 0 Å². The maximum atomic E-state index is 12.1. The van der Waals surface area contributed by atoms with E-state index in [9.17, 15) is 9.59 Å². The summed E-state index contributed by atoms with van der Waals surface area (Å²) in [6.07, 6.45) is 6.12. The van der Waals surface area contributed by atoms with Crippen LogP contribution < -0.4 is 5.32 Å². The van der Waals surface area contributed by atoms with Crippen molar-refractivity contribution >= 4 is 29.3 Å². The van der Waals surface area contributed by atoms with E-state index in [0.29, 0.717) is 23.0 Å². The fourth-order valence-corrected chi connectivity index (χ4v) is 3.15. The highest BCUT2D eigenvalue weighted by Gasteiger charge is 2.25. The third kappa shape index (κ3) is 3.97. The molecule has 1 aliphatic carbocycles. The van der Waals surface area contributed by atoms with Crippen molar-refractivity contribution < 1.29 is 9.59 Å². The van der Waals surface area contributed by atoms with Gasteiger partial charge < -0.3 is 14.8 Å². The second-order valence-corrected chi connectivity index (χ2v) is 6.90. The lowest BCUT2D eigenvalue weighted by Gasteiger charge is -2.11. The Bertz CT molecular complexity index is 735. The van der Waals surface area contributed by atoms with E-state index in [0.717, 1.165) is 5.16 Å². The summed E-state index contributed by atoms with van der Waals surface area (Å²) in [4.78, 5) is 29.7. The first-order valence-corrected chi connectivity index (χ1v) is 8.80. The summed E-state index contributed by atoms with van der Waals surface area (Å²) in [6, 6.07) is 7.46. The molecule has 1 fully saturated rings. The Labute approximate surface area is 145 Å². The van der Waals surface area contributed by atoms with E-state index in [-0.39, 0.29) is 11.8 Å². The zero-order valence-corrected chi connectivity index (χ0v) is 14.5. The number of hydrogen-bond acceptors (Lipinski definition) is 4. The van der Waals surface area contributed by atoms with Gasteiger partial charge in [0.25, 0.3) is 5.91 Å². The number of aromatic nitrogens is 2. The molecule has 0 radical (unpaired) electrons. The summed E-state index contributed by atoms with van der Waals surface area (Å²) in [6.45, 7) is 0. The zero-order chi connectivity index (χ0) is 17.1. The number of benzene rings is 1. The molecule has 2 aromatic rings. The van der Waals surface area contributed by atoms with Crippen LogP contribution in [0.4, 0.5) is 5.69 Å². The molecule has 7 heteroatoms. The van der Waals surface area contributed by atoms with Crippen LogP contribution >= 0.6 is 11.8 Å². The van der Waals surface area contributed by atoms with Gasteiger partial charge in [-0.3, -0.25) is 9.59 Å². The van der Waals surface area contributed by atoms with Crippen LogP contribution in [0, 0.1) is 0 Å². The van der Waals surface area contributed by atoms with E-state index in [1.165, 1.54) is 29.5 Å². The first-order valence-electron chi connectivity index (χ1n) is 7.82. The molecule has 0 spiro atoms. The highest BCUT2D eigenvalue weighted by atomic mass is 32.2. The van der Waals surface area contributed by atoms with Crippen molar-refractivity contribution in [3.05, 3.63) is 42.2 Å². The van der Waals surface area contributed by atoms with E-state index in [4.69, 9.17) is 0 Å². The monoisotopic (exact) mass is 344 g/mol. The van der Waals surface area contributed by atoms with Crippen LogP contribution in [-0.4, -0.2) is 46.1 Å². The quantitative estimate of drug-likeness (QED) is 0.818. The summed E-state index contributed by atoms with van der Waals surface area (Å²) in [5, 5.41) is 3.73. The van der Waals surface area contributed by atoms with Crippen molar-refractivity contribution in [1.29, 1.82) is 0 Å². The van der Waals surface area contributed by atoms with E-state index in [2.05, 4.69) is 14.9 Å². The Morgan fingerprint density at radius 3 is 2.62 bits per heavy atom. The Kier molecular flexibility index (Phi) is 4.89. The van der Waals surface area contributed by atoms with Gasteiger partial charge in [-0.15, -0.1) is 0 Å². The number of anilines is 1. The fraction of sp³-hybridized carbons (Fsp3) is 0.353. The van der Waals surface area contributed by atoms with E-state index >= 15 is 0 Å². The predicted octanol–water partition coefficient (Wildman–Crippen LogP) is 2.65. The van der Waals surface area contributed by atoms with E-state index in [1.807, 2.05) is 6.20 Å². The number of rotatable bonds is 6. The standard InChI is InChI=1S/C17H20N4O2S/c1-20(2)16(23)12-3-5-13(6-4-12)19-15(22)11-24-17-18-9-10-21(17)14-7-8-14/h3-6,9-10,14H,7-8,11H2,1-2H3,(H,19,22). The zero-order valence-electron chi connectivity index (χ0n) is 13.7. The molecule has 0 saturated heterocycles. The molecule has 2 amide bonds. The van der Waals surface area contributed by atoms with Gasteiger partial charge in [0.15, 0.2) is 5.16 Å². The third-order valence-corrected chi connectivity index (χ3v) is 4.71. The van der Waals surface area contributed by atoms with Gasteiger partial charge in [0.05, 0.1) is 5.75 Å². The average molecular weight is 344 g/mol. The number of imidazole rings is 1. The normalized spacial score (nSPS) is 13.6. The molecule has 0 aliphatic heterocycles. The first kappa shape index (κ1) is 16.6. The molecule has 1 saturated carbocycles. The lowest BCUT2D eigenvalue weighted by molar-refractivity contribution is -0.113. The number of nitrogens with zero attached hydrogens (tertiary/aromatic N) is 3. The molecular formula is C17H20N4O2S. The molecule has 6 nitrogen and oxygen atoms in total. The summed E-state index contributed by atoms with van der Waals surface area (Å²) in [7, 11) is 3.42. The van der Waals surface area contributed by atoms with Crippen molar-refractivity contribution in [3.63, 3.8) is 0 Å². The second-order valence-electron chi connectivity index (χ2n) is 5.96. The summed E-state index contributed by atoms with van der Waals surface area (Å²) in [5.41, 5.74) is 1.28. The maximum Gasteiger partial charge on any atom is 0.253 e. The summed E-state index contributed by atoms with van der Waals surface area (Å²) >= 11 is 1.44. The van der Waals surface area contributed by atoms with Crippen LogP contribution in [0.1, 0.15) is 29.2 Å². The molecule has 0 unspecified atom stereocenters. The number of thioether (sulfide) groups is 1. The molecule has 1 aromatic heterocycles. The van der Waals surface area contributed by atoms with Gasteiger partial charge in [-0.25, -0.2) is 4.98 Å². The van der Waals surface area contributed by atoms with Crippen LogP contribution in [-0.2, 0) is 4.79 Å². The van der Waals surface area contributed by atoms with Crippen LogP contribution in [0.15, 0.2) is 41.8 Å². The van der Waals surface area contributed by atoms with Crippen molar-refractivity contribution in [2.24, 2.45) is 0 Å². The van der Waals surface area contributed by atoms with Crippen LogP contribution in [0.3, 0.4) is 0 Å². The van der Waals surface area contributed by atoms with Crippen molar-refractivity contribution in [1.82, 2.24) is 14.5 Å². The predicted molar refractivity (Wildman–Crippen MR) is 94.3 cm³/mol. The minimum Gasteiger partial charge on any atom is -0.345 e. The average Bonchev–Trinajstić information content (AvgIpc) is 3.31. The number of amides is 2. The Balaban J connectivity index is 1.53. The van der Waals surface area contributed by atoms with Gasteiger partial charge in [-0.05, 0) is 37.1 Å². The molecule has 0 atom stereocenters.